The van der Waals surface area contributed by atoms with Gasteiger partial charge in [0.15, 0.2) is 0 Å². The minimum atomic E-state index is 0.509. The highest BCUT2D eigenvalue weighted by Gasteiger charge is 2.05. The lowest BCUT2D eigenvalue weighted by Gasteiger charge is -2.09. The van der Waals surface area contributed by atoms with Gasteiger partial charge in [-0.2, -0.15) is 0 Å². The second-order valence-electron chi connectivity index (χ2n) is 4.75. The predicted molar refractivity (Wildman–Crippen MR) is 79.3 cm³/mol. The molecule has 0 saturated heterocycles. The summed E-state index contributed by atoms with van der Waals surface area (Å²) in [6.45, 7) is 3.45. The summed E-state index contributed by atoms with van der Waals surface area (Å²) in [7, 11) is 0. The number of pyridine rings is 1. The molecule has 0 fully saturated rings. The number of benzene rings is 1. The number of ether oxygens (including phenoxy) is 1. The first kappa shape index (κ1) is 13.8. The van der Waals surface area contributed by atoms with Gasteiger partial charge in [-0.1, -0.05) is 44.4 Å². The van der Waals surface area contributed by atoms with Crippen molar-refractivity contribution in [3.63, 3.8) is 0 Å². The zero-order valence-corrected chi connectivity index (χ0v) is 11.6. The highest BCUT2D eigenvalue weighted by molar-refractivity contribution is 5.82. The molecule has 3 nitrogen and oxygen atoms in total. The van der Waals surface area contributed by atoms with Crippen LogP contribution in [-0.2, 0) is 6.54 Å². The molecular formula is C16H22N2O. The van der Waals surface area contributed by atoms with Gasteiger partial charge in [-0.3, -0.25) is 0 Å². The fraction of sp³-hybridized carbons (Fsp3) is 0.438. The highest BCUT2D eigenvalue weighted by Crippen LogP contribution is 2.21. The van der Waals surface area contributed by atoms with Crippen molar-refractivity contribution in [1.82, 2.24) is 4.98 Å². The lowest BCUT2D eigenvalue weighted by atomic mass is 10.1. The second-order valence-corrected chi connectivity index (χ2v) is 4.75. The highest BCUT2D eigenvalue weighted by atomic mass is 16.5. The number of rotatable bonds is 7. The van der Waals surface area contributed by atoms with Crippen LogP contribution in [0.1, 0.15) is 38.2 Å². The Kier molecular flexibility index (Phi) is 5.16. The molecule has 0 unspecified atom stereocenters. The lowest BCUT2D eigenvalue weighted by Crippen LogP contribution is -2.03. The van der Waals surface area contributed by atoms with Crippen molar-refractivity contribution >= 4 is 10.9 Å². The summed E-state index contributed by atoms with van der Waals surface area (Å²) in [5, 5.41) is 1.11. The molecule has 19 heavy (non-hydrogen) atoms. The van der Waals surface area contributed by atoms with Crippen molar-refractivity contribution in [3.05, 3.63) is 35.9 Å². The first-order valence-corrected chi connectivity index (χ1v) is 7.06. The van der Waals surface area contributed by atoms with Gasteiger partial charge in [0.05, 0.1) is 12.1 Å². The van der Waals surface area contributed by atoms with Crippen LogP contribution in [0.4, 0.5) is 0 Å². The molecule has 0 spiro atoms. The zero-order chi connectivity index (χ0) is 13.5. The second kappa shape index (κ2) is 7.10. The van der Waals surface area contributed by atoms with Gasteiger partial charge in [-0.05, 0) is 18.1 Å². The van der Waals surface area contributed by atoms with Gasteiger partial charge in [0.2, 0.25) is 5.88 Å². The van der Waals surface area contributed by atoms with E-state index in [-0.39, 0.29) is 0 Å². The number of nitrogens with two attached hydrogens (primary N) is 1. The smallest absolute Gasteiger partial charge is 0.214 e. The van der Waals surface area contributed by atoms with Crippen LogP contribution < -0.4 is 10.5 Å². The Morgan fingerprint density at radius 3 is 2.79 bits per heavy atom. The van der Waals surface area contributed by atoms with Crippen LogP contribution in [0.2, 0.25) is 0 Å². The summed E-state index contributed by atoms with van der Waals surface area (Å²) in [4.78, 5) is 4.52. The van der Waals surface area contributed by atoms with Crippen LogP contribution in [0.15, 0.2) is 30.3 Å². The zero-order valence-electron chi connectivity index (χ0n) is 11.6. The maximum atomic E-state index is 5.80. The number of para-hydroxylation sites is 1. The van der Waals surface area contributed by atoms with Crippen molar-refractivity contribution in [3.8, 4) is 5.88 Å². The summed E-state index contributed by atoms with van der Waals surface area (Å²) >= 11 is 0. The van der Waals surface area contributed by atoms with E-state index in [1.165, 1.54) is 19.3 Å². The van der Waals surface area contributed by atoms with Gasteiger partial charge in [0.25, 0.3) is 0 Å². The van der Waals surface area contributed by atoms with Crippen LogP contribution in [0.3, 0.4) is 0 Å². The Bertz CT molecular complexity index is 525. The molecular weight excluding hydrogens is 236 g/mol. The molecule has 2 rings (SSSR count). The van der Waals surface area contributed by atoms with Crippen LogP contribution in [0.5, 0.6) is 5.88 Å². The van der Waals surface area contributed by atoms with Gasteiger partial charge in [0, 0.05) is 18.0 Å². The third kappa shape index (κ3) is 3.67. The average Bonchev–Trinajstić information content (AvgIpc) is 2.46. The third-order valence-corrected chi connectivity index (χ3v) is 3.25. The SMILES string of the molecule is CCCCCCOc1cc(CN)c2ccccc2n1. The molecule has 1 aromatic carbocycles. The summed E-state index contributed by atoms with van der Waals surface area (Å²) < 4.78 is 5.74. The molecule has 1 heterocycles. The lowest BCUT2D eigenvalue weighted by molar-refractivity contribution is 0.294. The predicted octanol–water partition coefficient (Wildman–Crippen LogP) is 3.65. The Balaban J connectivity index is 2.07. The average molecular weight is 258 g/mol. The van der Waals surface area contributed by atoms with Crippen molar-refractivity contribution in [2.24, 2.45) is 5.73 Å². The number of hydrogen-bond donors (Lipinski definition) is 1. The largest absolute Gasteiger partial charge is 0.478 e. The number of nitrogens with zero attached hydrogens (tertiary/aromatic N) is 1. The van der Waals surface area contributed by atoms with Crippen molar-refractivity contribution in [2.45, 2.75) is 39.2 Å². The molecule has 0 atom stereocenters. The van der Waals surface area contributed by atoms with Crippen molar-refractivity contribution in [1.29, 1.82) is 0 Å². The first-order chi connectivity index (χ1) is 9.35. The number of unbranched alkanes of at least 4 members (excludes halogenated alkanes) is 3. The minimum absolute atomic E-state index is 0.509. The Labute approximate surface area is 114 Å². The molecule has 3 heteroatoms. The topological polar surface area (TPSA) is 48.1 Å². The Morgan fingerprint density at radius 1 is 1.16 bits per heavy atom. The summed E-state index contributed by atoms with van der Waals surface area (Å²) in [6, 6.07) is 10.0. The van der Waals surface area contributed by atoms with Crippen molar-refractivity contribution in [2.75, 3.05) is 6.61 Å². The van der Waals surface area contributed by atoms with Gasteiger partial charge in [-0.15, -0.1) is 0 Å². The van der Waals surface area contributed by atoms with E-state index in [4.69, 9.17) is 10.5 Å². The monoisotopic (exact) mass is 258 g/mol. The molecule has 0 radical (unpaired) electrons. The molecule has 2 N–H and O–H groups in total. The number of hydrogen-bond acceptors (Lipinski definition) is 3. The van der Waals surface area contributed by atoms with E-state index in [1.54, 1.807) is 0 Å². The molecule has 0 saturated carbocycles. The van der Waals surface area contributed by atoms with Crippen molar-refractivity contribution < 1.29 is 4.74 Å². The van der Waals surface area contributed by atoms with E-state index in [9.17, 15) is 0 Å². The molecule has 0 aliphatic carbocycles. The molecule has 0 amide bonds. The molecule has 1 aromatic heterocycles. The minimum Gasteiger partial charge on any atom is -0.478 e. The van der Waals surface area contributed by atoms with E-state index in [0.29, 0.717) is 12.4 Å². The molecule has 0 aliphatic heterocycles. The molecule has 0 aliphatic rings. The number of fused-ring (bicyclic) bond motifs is 1. The van der Waals surface area contributed by atoms with E-state index in [0.717, 1.165) is 29.5 Å². The molecule has 0 bridgehead atoms. The summed E-state index contributed by atoms with van der Waals surface area (Å²) in [5.41, 5.74) is 7.84. The van der Waals surface area contributed by atoms with Crippen LogP contribution in [0.25, 0.3) is 10.9 Å². The van der Waals surface area contributed by atoms with Gasteiger partial charge >= 0.3 is 0 Å². The van der Waals surface area contributed by atoms with Crippen LogP contribution in [-0.4, -0.2) is 11.6 Å². The standard InChI is InChI=1S/C16H22N2O/c1-2-3-4-7-10-19-16-11-13(12-17)14-8-5-6-9-15(14)18-16/h5-6,8-9,11H,2-4,7,10,12,17H2,1H3. The van der Waals surface area contributed by atoms with E-state index < -0.39 is 0 Å². The van der Waals surface area contributed by atoms with Crippen LogP contribution in [0, 0.1) is 0 Å². The van der Waals surface area contributed by atoms with E-state index in [2.05, 4.69) is 18.0 Å². The summed E-state index contributed by atoms with van der Waals surface area (Å²) in [6.07, 6.45) is 4.81. The Hall–Kier alpha value is -1.61. The maximum Gasteiger partial charge on any atom is 0.214 e. The van der Waals surface area contributed by atoms with Gasteiger partial charge in [0.1, 0.15) is 0 Å². The first-order valence-electron chi connectivity index (χ1n) is 7.06. The number of aromatic nitrogens is 1. The quantitative estimate of drug-likeness (QED) is 0.771. The fourth-order valence-electron chi connectivity index (χ4n) is 2.17. The van der Waals surface area contributed by atoms with Gasteiger partial charge in [-0.25, -0.2) is 4.98 Å². The van der Waals surface area contributed by atoms with E-state index >= 15 is 0 Å². The van der Waals surface area contributed by atoms with Crippen LogP contribution >= 0.6 is 0 Å². The molecule has 102 valence electrons. The summed E-state index contributed by atoms with van der Waals surface area (Å²) in [5.74, 6) is 0.690. The maximum absolute atomic E-state index is 5.80. The third-order valence-electron chi connectivity index (χ3n) is 3.25. The Morgan fingerprint density at radius 2 is 2.00 bits per heavy atom. The fourth-order valence-corrected chi connectivity index (χ4v) is 2.17. The van der Waals surface area contributed by atoms with E-state index in [1.807, 2.05) is 24.3 Å². The van der Waals surface area contributed by atoms with Gasteiger partial charge < -0.3 is 10.5 Å². The normalized spacial score (nSPS) is 10.8. The molecule has 2 aromatic rings.